The highest BCUT2D eigenvalue weighted by molar-refractivity contribution is 7.89. The smallest absolute Gasteiger partial charge is 0.245 e. The molecule has 0 aliphatic carbocycles. The number of nitrogens with zero attached hydrogens (tertiary/aromatic N) is 2. The lowest BCUT2D eigenvalue weighted by Crippen LogP contribution is -2.42. The van der Waals surface area contributed by atoms with Gasteiger partial charge in [-0.05, 0) is 43.1 Å². The number of rotatable bonds is 11. The van der Waals surface area contributed by atoms with Crippen LogP contribution in [0.15, 0.2) is 53.4 Å². The predicted molar refractivity (Wildman–Crippen MR) is 130 cm³/mol. The van der Waals surface area contributed by atoms with Crippen molar-refractivity contribution in [3.63, 3.8) is 0 Å². The summed E-state index contributed by atoms with van der Waals surface area (Å²) in [6, 6.07) is 13.8. The number of benzene rings is 2. The molecule has 3 rings (SSSR count). The van der Waals surface area contributed by atoms with Crippen molar-refractivity contribution < 1.29 is 17.9 Å². The van der Waals surface area contributed by atoms with Crippen LogP contribution < -0.4 is 5.32 Å². The summed E-state index contributed by atoms with van der Waals surface area (Å²) in [7, 11) is -4.03. The van der Waals surface area contributed by atoms with Crippen molar-refractivity contribution in [1.82, 2.24) is 14.5 Å². The molecule has 7 nitrogen and oxygen atoms in total. The first-order valence-electron chi connectivity index (χ1n) is 10.9. The van der Waals surface area contributed by atoms with Crippen LogP contribution in [0.25, 0.3) is 0 Å². The molecule has 0 radical (unpaired) electrons. The van der Waals surface area contributed by atoms with Crippen LogP contribution >= 0.6 is 23.2 Å². The highest BCUT2D eigenvalue weighted by Crippen LogP contribution is 2.28. The lowest BCUT2D eigenvalue weighted by atomic mass is 10.1. The number of nitrogens with one attached hydrogen (secondary N) is 1. The quantitative estimate of drug-likeness (QED) is 0.467. The molecule has 0 bridgehead atoms. The van der Waals surface area contributed by atoms with Crippen molar-refractivity contribution >= 4 is 39.1 Å². The Morgan fingerprint density at radius 3 is 2.55 bits per heavy atom. The number of hydrogen-bond donors (Lipinski definition) is 1. The van der Waals surface area contributed by atoms with Gasteiger partial charge >= 0.3 is 0 Å². The van der Waals surface area contributed by atoms with Crippen molar-refractivity contribution in [2.75, 3.05) is 52.5 Å². The summed E-state index contributed by atoms with van der Waals surface area (Å²) in [5.74, 6) is -0.355. The molecule has 0 saturated carbocycles. The third-order valence-electron chi connectivity index (χ3n) is 5.40. The first kappa shape index (κ1) is 25.9. The molecule has 33 heavy (non-hydrogen) atoms. The second-order valence-corrected chi connectivity index (χ2v) is 10.6. The first-order valence-corrected chi connectivity index (χ1v) is 13.1. The van der Waals surface area contributed by atoms with Crippen LogP contribution in [0.1, 0.15) is 12.0 Å². The number of carbonyl (C=O) groups excluding carboxylic acids is 1. The number of sulfonamides is 1. The zero-order chi connectivity index (χ0) is 23.7. The fourth-order valence-corrected chi connectivity index (χ4v) is 5.70. The minimum absolute atomic E-state index is 0.0648. The summed E-state index contributed by atoms with van der Waals surface area (Å²) >= 11 is 12.2. The zero-order valence-corrected chi connectivity index (χ0v) is 20.7. The van der Waals surface area contributed by atoms with Gasteiger partial charge in [-0.15, -0.1) is 0 Å². The maximum Gasteiger partial charge on any atom is 0.245 e. The Kier molecular flexibility index (Phi) is 9.97. The number of ether oxygens (including phenoxy) is 1. The van der Waals surface area contributed by atoms with E-state index in [9.17, 15) is 13.2 Å². The Balaban J connectivity index is 1.64. The molecule has 0 spiro atoms. The van der Waals surface area contributed by atoms with Gasteiger partial charge in [-0.2, -0.15) is 4.31 Å². The van der Waals surface area contributed by atoms with E-state index in [4.69, 9.17) is 27.9 Å². The summed E-state index contributed by atoms with van der Waals surface area (Å²) in [6.07, 6.45) is 1.24. The van der Waals surface area contributed by atoms with E-state index in [-0.39, 0.29) is 33.9 Å². The van der Waals surface area contributed by atoms with Crippen molar-refractivity contribution in [2.24, 2.45) is 0 Å². The van der Waals surface area contributed by atoms with Crippen molar-refractivity contribution in [3.05, 3.63) is 64.1 Å². The van der Waals surface area contributed by atoms with Gasteiger partial charge in [-0.1, -0.05) is 53.5 Å². The maximum absolute atomic E-state index is 13.4. The second kappa shape index (κ2) is 12.7. The van der Waals surface area contributed by atoms with Crippen LogP contribution in [-0.4, -0.2) is 76.0 Å². The molecule has 1 heterocycles. The molecule has 1 amide bonds. The predicted octanol–water partition coefficient (Wildman–Crippen LogP) is 3.07. The Hall–Kier alpha value is -1.68. The topological polar surface area (TPSA) is 79.0 Å². The lowest BCUT2D eigenvalue weighted by Gasteiger charge is -2.26. The molecular formula is C23H29Cl2N3O4S. The molecule has 1 aliphatic heterocycles. The minimum Gasteiger partial charge on any atom is -0.379 e. The van der Waals surface area contributed by atoms with Crippen LogP contribution in [-0.2, 0) is 26.0 Å². The molecule has 2 aromatic rings. The largest absolute Gasteiger partial charge is 0.379 e. The SMILES string of the molecule is O=C(CN(CCc1ccccc1)S(=O)(=O)c1cc(Cl)ccc1Cl)NCCCN1CCOCC1. The highest BCUT2D eigenvalue weighted by Gasteiger charge is 2.28. The molecule has 1 N–H and O–H groups in total. The summed E-state index contributed by atoms with van der Waals surface area (Å²) in [6.45, 7) is 4.41. The molecule has 0 aromatic heterocycles. The number of amides is 1. The van der Waals surface area contributed by atoms with Crippen LogP contribution in [0.4, 0.5) is 0 Å². The highest BCUT2D eigenvalue weighted by atomic mass is 35.5. The van der Waals surface area contributed by atoms with Crippen molar-refractivity contribution in [1.29, 1.82) is 0 Å². The molecule has 0 unspecified atom stereocenters. The monoisotopic (exact) mass is 513 g/mol. The van der Waals surface area contributed by atoms with Crippen LogP contribution in [0.5, 0.6) is 0 Å². The van der Waals surface area contributed by atoms with Gasteiger partial charge in [-0.25, -0.2) is 8.42 Å². The van der Waals surface area contributed by atoms with Crippen LogP contribution in [0, 0.1) is 0 Å². The number of carbonyl (C=O) groups is 1. The van der Waals surface area contributed by atoms with E-state index < -0.39 is 10.0 Å². The normalized spacial score (nSPS) is 15.0. The third kappa shape index (κ3) is 7.95. The zero-order valence-electron chi connectivity index (χ0n) is 18.4. The summed E-state index contributed by atoms with van der Waals surface area (Å²) in [5.41, 5.74) is 0.973. The van der Waals surface area contributed by atoms with Gasteiger partial charge in [0.15, 0.2) is 0 Å². The van der Waals surface area contributed by atoms with E-state index in [0.717, 1.165) is 49.1 Å². The number of morpholine rings is 1. The summed E-state index contributed by atoms with van der Waals surface area (Å²) in [5, 5.41) is 3.16. The van der Waals surface area contributed by atoms with Gasteiger partial charge in [0.25, 0.3) is 0 Å². The van der Waals surface area contributed by atoms with E-state index >= 15 is 0 Å². The molecule has 180 valence electrons. The van der Waals surface area contributed by atoms with Gasteiger partial charge in [0, 0.05) is 31.2 Å². The summed E-state index contributed by atoms with van der Waals surface area (Å²) < 4.78 is 33.3. The minimum atomic E-state index is -4.03. The maximum atomic E-state index is 13.4. The Morgan fingerprint density at radius 2 is 1.82 bits per heavy atom. The van der Waals surface area contributed by atoms with E-state index in [1.807, 2.05) is 30.3 Å². The van der Waals surface area contributed by atoms with Gasteiger partial charge in [0.2, 0.25) is 15.9 Å². The number of hydrogen-bond acceptors (Lipinski definition) is 5. The molecule has 1 fully saturated rings. The molecular weight excluding hydrogens is 485 g/mol. The molecule has 1 saturated heterocycles. The molecule has 1 aliphatic rings. The van der Waals surface area contributed by atoms with Crippen LogP contribution in [0.2, 0.25) is 10.0 Å². The van der Waals surface area contributed by atoms with Gasteiger partial charge in [0.1, 0.15) is 4.90 Å². The Labute approximate surface area is 205 Å². The van der Waals surface area contributed by atoms with E-state index in [2.05, 4.69) is 10.2 Å². The van der Waals surface area contributed by atoms with E-state index in [0.29, 0.717) is 13.0 Å². The Bertz CT molecular complexity index is 1020. The average molecular weight is 514 g/mol. The van der Waals surface area contributed by atoms with Gasteiger partial charge in [-0.3, -0.25) is 9.69 Å². The lowest BCUT2D eigenvalue weighted by molar-refractivity contribution is -0.121. The van der Waals surface area contributed by atoms with Crippen molar-refractivity contribution in [2.45, 2.75) is 17.7 Å². The Morgan fingerprint density at radius 1 is 1.09 bits per heavy atom. The van der Waals surface area contributed by atoms with Gasteiger partial charge < -0.3 is 10.1 Å². The molecule has 2 aromatic carbocycles. The average Bonchev–Trinajstić information content (AvgIpc) is 2.82. The van der Waals surface area contributed by atoms with Crippen molar-refractivity contribution in [3.8, 4) is 0 Å². The first-order chi connectivity index (χ1) is 15.9. The fraction of sp³-hybridized carbons (Fsp3) is 0.435. The summed E-state index contributed by atoms with van der Waals surface area (Å²) in [4.78, 5) is 14.8. The standard InChI is InChI=1S/C23H29Cl2N3O4S/c24-20-7-8-21(25)22(17-20)33(30,31)28(12-9-19-5-2-1-3-6-19)18-23(29)26-10-4-11-27-13-15-32-16-14-27/h1-3,5-8,17H,4,9-16,18H2,(H,26,29). The van der Waals surface area contributed by atoms with E-state index in [1.165, 1.54) is 18.2 Å². The molecule has 0 atom stereocenters. The van der Waals surface area contributed by atoms with Crippen LogP contribution in [0.3, 0.4) is 0 Å². The van der Waals surface area contributed by atoms with Gasteiger partial charge in [0.05, 0.1) is 24.8 Å². The number of halogens is 2. The third-order valence-corrected chi connectivity index (χ3v) is 7.96. The molecule has 10 heteroatoms. The van der Waals surface area contributed by atoms with E-state index in [1.54, 1.807) is 0 Å². The second-order valence-electron chi connectivity index (χ2n) is 7.81. The fourth-order valence-electron chi connectivity index (χ4n) is 3.57.